The summed E-state index contributed by atoms with van der Waals surface area (Å²) in [6, 6.07) is 16.0. The van der Waals surface area contributed by atoms with E-state index in [2.05, 4.69) is 22.3 Å². The third kappa shape index (κ3) is 4.51. The second-order valence-corrected chi connectivity index (χ2v) is 6.36. The van der Waals surface area contributed by atoms with Crippen molar-refractivity contribution in [1.29, 1.82) is 0 Å². The zero-order valence-electron chi connectivity index (χ0n) is 14.9. The van der Waals surface area contributed by atoms with Gasteiger partial charge < -0.3 is 15.0 Å². The molecule has 1 fully saturated rings. The number of methoxy groups -OCH3 is 1. The number of carbonyl (C=O) groups is 1. The van der Waals surface area contributed by atoms with Crippen LogP contribution in [0.1, 0.15) is 11.1 Å². The predicted molar refractivity (Wildman–Crippen MR) is 100 cm³/mol. The third-order valence-corrected chi connectivity index (χ3v) is 4.59. The molecule has 1 saturated heterocycles. The second kappa shape index (κ2) is 8.03. The third-order valence-electron chi connectivity index (χ3n) is 4.59. The van der Waals surface area contributed by atoms with Crippen molar-refractivity contribution in [2.45, 2.75) is 13.5 Å². The Morgan fingerprint density at radius 2 is 1.84 bits per heavy atom. The smallest absolute Gasteiger partial charge is 0.321 e. The molecule has 0 atom stereocenters. The summed E-state index contributed by atoms with van der Waals surface area (Å²) in [5.41, 5.74) is 3.19. The minimum absolute atomic E-state index is 0.0182. The molecular formula is C20H25N3O2. The summed E-state index contributed by atoms with van der Waals surface area (Å²) < 4.78 is 5.28. The minimum atomic E-state index is -0.0182. The lowest BCUT2D eigenvalue weighted by Crippen LogP contribution is -2.49. The van der Waals surface area contributed by atoms with Crippen LogP contribution in [-0.2, 0) is 6.54 Å². The molecule has 1 aliphatic rings. The average Bonchev–Trinajstić information content (AvgIpc) is 2.64. The maximum absolute atomic E-state index is 12.4. The van der Waals surface area contributed by atoms with Gasteiger partial charge in [-0.2, -0.15) is 0 Å². The number of nitrogens with one attached hydrogen (secondary N) is 1. The monoisotopic (exact) mass is 339 g/mol. The number of rotatable bonds is 4. The molecule has 5 nitrogen and oxygen atoms in total. The minimum Gasteiger partial charge on any atom is -0.497 e. The van der Waals surface area contributed by atoms with Crippen molar-refractivity contribution in [3.8, 4) is 5.75 Å². The van der Waals surface area contributed by atoms with Crippen molar-refractivity contribution in [3.05, 3.63) is 59.7 Å². The molecule has 132 valence electrons. The predicted octanol–water partition coefficient (Wildman–Crippen LogP) is 3.35. The standard InChI is InChI=1S/C20H25N3O2/c1-16-6-3-4-9-19(16)21-20(24)23-12-10-22(11-13-23)15-17-7-5-8-18(14-17)25-2/h3-9,14H,10-13,15H2,1-2H3,(H,21,24). The van der Waals surface area contributed by atoms with Crippen LogP contribution in [-0.4, -0.2) is 49.1 Å². The van der Waals surface area contributed by atoms with E-state index in [0.29, 0.717) is 0 Å². The van der Waals surface area contributed by atoms with Crippen molar-refractivity contribution >= 4 is 11.7 Å². The Labute approximate surface area is 149 Å². The Balaban J connectivity index is 1.51. The van der Waals surface area contributed by atoms with Crippen LogP contribution < -0.4 is 10.1 Å². The zero-order chi connectivity index (χ0) is 17.6. The molecule has 0 aromatic heterocycles. The first-order valence-electron chi connectivity index (χ1n) is 8.62. The first-order chi connectivity index (χ1) is 12.2. The summed E-state index contributed by atoms with van der Waals surface area (Å²) >= 11 is 0. The number of carbonyl (C=O) groups excluding carboxylic acids is 1. The fraction of sp³-hybridized carbons (Fsp3) is 0.350. The van der Waals surface area contributed by atoms with E-state index in [9.17, 15) is 4.79 Å². The number of para-hydroxylation sites is 1. The number of hydrogen-bond acceptors (Lipinski definition) is 3. The molecule has 0 aliphatic carbocycles. The SMILES string of the molecule is COc1cccc(CN2CCN(C(=O)Nc3ccccc3C)CC2)c1. The highest BCUT2D eigenvalue weighted by Gasteiger charge is 2.21. The van der Waals surface area contributed by atoms with Gasteiger partial charge in [-0.15, -0.1) is 0 Å². The number of nitrogens with zero attached hydrogens (tertiary/aromatic N) is 2. The van der Waals surface area contributed by atoms with E-state index in [1.165, 1.54) is 5.56 Å². The van der Waals surface area contributed by atoms with Crippen molar-refractivity contribution in [2.24, 2.45) is 0 Å². The quantitative estimate of drug-likeness (QED) is 0.929. The number of piperazine rings is 1. The Morgan fingerprint density at radius 3 is 2.56 bits per heavy atom. The fourth-order valence-electron chi connectivity index (χ4n) is 3.05. The lowest BCUT2D eigenvalue weighted by molar-refractivity contribution is 0.143. The van der Waals surface area contributed by atoms with E-state index in [-0.39, 0.29) is 6.03 Å². The van der Waals surface area contributed by atoms with Crippen LogP contribution in [0.5, 0.6) is 5.75 Å². The van der Waals surface area contributed by atoms with E-state index >= 15 is 0 Å². The van der Waals surface area contributed by atoms with Gasteiger partial charge in [0.05, 0.1) is 7.11 Å². The summed E-state index contributed by atoms with van der Waals surface area (Å²) in [7, 11) is 1.69. The highest BCUT2D eigenvalue weighted by atomic mass is 16.5. The molecule has 2 aromatic carbocycles. The molecule has 1 aliphatic heterocycles. The van der Waals surface area contributed by atoms with Crippen molar-refractivity contribution < 1.29 is 9.53 Å². The fourth-order valence-corrected chi connectivity index (χ4v) is 3.05. The topological polar surface area (TPSA) is 44.8 Å². The number of urea groups is 1. The summed E-state index contributed by atoms with van der Waals surface area (Å²) in [5.74, 6) is 0.883. The Hall–Kier alpha value is -2.53. The lowest BCUT2D eigenvalue weighted by Gasteiger charge is -2.34. The normalized spacial score (nSPS) is 15.0. The molecule has 25 heavy (non-hydrogen) atoms. The van der Waals surface area contributed by atoms with E-state index in [1.54, 1.807) is 7.11 Å². The largest absolute Gasteiger partial charge is 0.497 e. The maximum atomic E-state index is 12.4. The number of amides is 2. The summed E-state index contributed by atoms with van der Waals surface area (Å²) in [4.78, 5) is 16.7. The Morgan fingerprint density at radius 1 is 1.08 bits per heavy atom. The average molecular weight is 339 g/mol. The van der Waals surface area contributed by atoms with Crippen LogP contribution in [0.15, 0.2) is 48.5 Å². The molecule has 1 N–H and O–H groups in total. The molecule has 3 rings (SSSR count). The van der Waals surface area contributed by atoms with Crippen molar-refractivity contribution in [3.63, 3.8) is 0 Å². The van der Waals surface area contributed by atoms with Gasteiger partial charge in [-0.25, -0.2) is 4.79 Å². The van der Waals surface area contributed by atoms with Crippen molar-refractivity contribution in [2.75, 3.05) is 38.6 Å². The van der Waals surface area contributed by atoms with Crippen LogP contribution in [0.2, 0.25) is 0 Å². The van der Waals surface area contributed by atoms with Crippen molar-refractivity contribution in [1.82, 2.24) is 9.80 Å². The van der Waals surface area contributed by atoms with Gasteiger partial charge in [-0.3, -0.25) is 4.90 Å². The molecule has 2 aromatic rings. The van der Waals surface area contributed by atoms with Crippen LogP contribution in [0.3, 0.4) is 0 Å². The van der Waals surface area contributed by atoms with E-state index < -0.39 is 0 Å². The van der Waals surface area contributed by atoms with Gasteiger partial charge in [0.1, 0.15) is 5.75 Å². The number of ether oxygens (including phenoxy) is 1. The van der Waals surface area contributed by atoms with E-state index in [0.717, 1.165) is 49.7 Å². The lowest BCUT2D eigenvalue weighted by atomic mass is 10.2. The van der Waals surface area contributed by atoms with E-state index in [4.69, 9.17) is 4.74 Å². The first kappa shape index (κ1) is 17.3. The Bertz CT molecular complexity index is 724. The molecule has 2 amide bonds. The van der Waals surface area contributed by atoms with Gasteiger partial charge in [0.25, 0.3) is 0 Å². The molecule has 5 heteroatoms. The number of aryl methyl sites for hydroxylation is 1. The second-order valence-electron chi connectivity index (χ2n) is 6.36. The van der Waals surface area contributed by atoms with Gasteiger partial charge in [-0.05, 0) is 36.2 Å². The molecule has 0 unspecified atom stereocenters. The first-order valence-corrected chi connectivity index (χ1v) is 8.62. The number of benzene rings is 2. The van der Waals surface area contributed by atoms with Gasteiger partial charge in [-0.1, -0.05) is 30.3 Å². The molecule has 0 spiro atoms. The highest BCUT2D eigenvalue weighted by Crippen LogP contribution is 2.17. The molecule has 0 bridgehead atoms. The highest BCUT2D eigenvalue weighted by molar-refractivity contribution is 5.90. The van der Waals surface area contributed by atoms with E-state index in [1.807, 2.05) is 48.2 Å². The summed E-state index contributed by atoms with van der Waals surface area (Å²) in [5, 5.41) is 3.01. The van der Waals surface area contributed by atoms with Crippen LogP contribution in [0.4, 0.5) is 10.5 Å². The summed E-state index contributed by atoms with van der Waals surface area (Å²) in [6.45, 7) is 6.10. The molecule has 0 saturated carbocycles. The number of anilines is 1. The number of hydrogen-bond donors (Lipinski definition) is 1. The molecule has 1 heterocycles. The van der Waals surface area contributed by atoms with Crippen LogP contribution in [0.25, 0.3) is 0 Å². The Kier molecular flexibility index (Phi) is 5.56. The van der Waals surface area contributed by atoms with Gasteiger partial charge in [0.15, 0.2) is 0 Å². The molecular weight excluding hydrogens is 314 g/mol. The van der Waals surface area contributed by atoms with Crippen LogP contribution >= 0.6 is 0 Å². The van der Waals surface area contributed by atoms with Gasteiger partial charge in [0.2, 0.25) is 0 Å². The van der Waals surface area contributed by atoms with Crippen LogP contribution in [0, 0.1) is 6.92 Å². The van der Waals surface area contributed by atoms with Gasteiger partial charge >= 0.3 is 6.03 Å². The van der Waals surface area contributed by atoms with Gasteiger partial charge in [0, 0.05) is 38.4 Å². The zero-order valence-corrected chi connectivity index (χ0v) is 14.9. The maximum Gasteiger partial charge on any atom is 0.321 e. The summed E-state index contributed by atoms with van der Waals surface area (Å²) in [6.07, 6.45) is 0. The molecule has 0 radical (unpaired) electrons.